The highest BCUT2D eigenvalue weighted by Gasteiger charge is 2.12. The van der Waals surface area contributed by atoms with Gasteiger partial charge in [0.2, 0.25) is 0 Å². The van der Waals surface area contributed by atoms with Crippen LogP contribution in [0.25, 0.3) is 5.65 Å². The number of hydrogen-bond donors (Lipinski definition) is 1. The van der Waals surface area contributed by atoms with Gasteiger partial charge in [0.25, 0.3) is 0 Å². The Kier molecular flexibility index (Phi) is 3.44. The lowest BCUT2D eigenvalue weighted by Crippen LogP contribution is -2.12. The lowest BCUT2D eigenvalue weighted by Gasteiger charge is -2.21. The van der Waals surface area contributed by atoms with Gasteiger partial charge in [-0.2, -0.15) is 5.10 Å². The molecule has 1 aliphatic carbocycles. The van der Waals surface area contributed by atoms with Crippen molar-refractivity contribution in [2.75, 3.05) is 11.9 Å². The molecule has 2 aromatic rings. The average Bonchev–Trinajstić information content (AvgIpc) is 2.87. The van der Waals surface area contributed by atoms with Gasteiger partial charge in [-0.3, -0.25) is 0 Å². The summed E-state index contributed by atoms with van der Waals surface area (Å²) in [5, 5.41) is 7.56. The second-order valence-electron chi connectivity index (χ2n) is 5.17. The van der Waals surface area contributed by atoms with Crippen molar-refractivity contribution in [2.24, 2.45) is 5.92 Å². The lowest BCUT2D eigenvalue weighted by atomic mass is 9.87. The smallest absolute Gasteiger partial charge is 0.157 e. The van der Waals surface area contributed by atoms with E-state index in [-0.39, 0.29) is 0 Å². The fourth-order valence-corrected chi connectivity index (χ4v) is 2.79. The Balaban J connectivity index is 1.52. The first-order valence-electron chi connectivity index (χ1n) is 6.96. The zero-order valence-electron chi connectivity index (χ0n) is 10.7. The maximum absolute atomic E-state index is 4.51. The predicted octanol–water partition coefficient (Wildman–Crippen LogP) is 3.11. The van der Waals surface area contributed by atoms with Crippen LogP contribution in [0.4, 0.5) is 5.82 Å². The van der Waals surface area contributed by atoms with Gasteiger partial charge in [-0.15, -0.1) is 0 Å². The van der Waals surface area contributed by atoms with Gasteiger partial charge in [-0.1, -0.05) is 32.1 Å². The average molecular weight is 244 g/mol. The van der Waals surface area contributed by atoms with Crippen molar-refractivity contribution < 1.29 is 0 Å². The highest BCUT2D eigenvalue weighted by atomic mass is 15.2. The molecule has 4 nitrogen and oxygen atoms in total. The number of anilines is 1. The van der Waals surface area contributed by atoms with Gasteiger partial charge >= 0.3 is 0 Å². The number of nitrogens with zero attached hydrogens (tertiary/aromatic N) is 3. The first-order valence-corrected chi connectivity index (χ1v) is 6.96. The van der Waals surface area contributed by atoms with Crippen LogP contribution in [0.1, 0.15) is 38.5 Å². The molecule has 18 heavy (non-hydrogen) atoms. The summed E-state index contributed by atoms with van der Waals surface area (Å²) in [6.07, 6.45) is 12.1. The summed E-state index contributed by atoms with van der Waals surface area (Å²) >= 11 is 0. The van der Waals surface area contributed by atoms with Gasteiger partial charge in [0.05, 0.1) is 6.20 Å². The van der Waals surface area contributed by atoms with Crippen LogP contribution in [0.5, 0.6) is 0 Å². The SMILES string of the molecule is c1cc2nc(NCCC3CCCCC3)ccn2n1. The van der Waals surface area contributed by atoms with Crippen molar-refractivity contribution in [3.63, 3.8) is 0 Å². The number of hydrogen-bond acceptors (Lipinski definition) is 3. The fraction of sp³-hybridized carbons (Fsp3) is 0.571. The van der Waals surface area contributed by atoms with E-state index in [1.165, 1.54) is 38.5 Å². The van der Waals surface area contributed by atoms with Crippen LogP contribution in [-0.4, -0.2) is 21.1 Å². The molecule has 0 saturated heterocycles. The first-order chi connectivity index (χ1) is 8.92. The number of aromatic nitrogens is 3. The fourth-order valence-electron chi connectivity index (χ4n) is 2.79. The van der Waals surface area contributed by atoms with Crippen LogP contribution in [0.15, 0.2) is 24.5 Å². The van der Waals surface area contributed by atoms with E-state index in [9.17, 15) is 0 Å². The summed E-state index contributed by atoms with van der Waals surface area (Å²) in [5.74, 6) is 1.88. The predicted molar refractivity (Wildman–Crippen MR) is 72.7 cm³/mol. The summed E-state index contributed by atoms with van der Waals surface area (Å²) in [6, 6.07) is 3.91. The normalized spacial score (nSPS) is 17.1. The molecule has 0 atom stereocenters. The molecule has 0 aromatic carbocycles. The van der Waals surface area contributed by atoms with E-state index < -0.39 is 0 Å². The molecular formula is C14H20N4. The Hall–Kier alpha value is -1.58. The lowest BCUT2D eigenvalue weighted by molar-refractivity contribution is 0.345. The monoisotopic (exact) mass is 244 g/mol. The first kappa shape index (κ1) is 11.5. The molecule has 1 N–H and O–H groups in total. The summed E-state index contributed by atoms with van der Waals surface area (Å²) in [5.41, 5.74) is 0.901. The van der Waals surface area contributed by atoms with Crippen LogP contribution >= 0.6 is 0 Å². The van der Waals surface area contributed by atoms with E-state index in [1.54, 1.807) is 10.7 Å². The van der Waals surface area contributed by atoms with Crippen molar-refractivity contribution in [3.8, 4) is 0 Å². The van der Waals surface area contributed by atoms with Gasteiger partial charge in [-0.05, 0) is 18.4 Å². The summed E-state index contributed by atoms with van der Waals surface area (Å²) in [7, 11) is 0. The zero-order chi connectivity index (χ0) is 12.2. The molecular weight excluding hydrogens is 224 g/mol. The molecule has 0 amide bonds. The van der Waals surface area contributed by atoms with E-state index in [2.05, 4.69) is 15.4 Å². The second-order valence-corrected chi connectivity index (χ2v) is 5.17. The third-order valence-corrected chi connectivity index (χ3v) is 3.84. The van der Waals surface area contributed by atoms with Crippen LogP contribution in [0, 0.1) is 5.92 Å². The Labute approximate surface area is 107 Å². The Morgan fingerprint density at radius 3 is 3.00 bits per heavy atom. The minimum absolute atomic E-state index is 0.901. The highest BCUT2D eigenvalue weighted by molar-refractivity contribution is 5.45. The minimum Gasteiger partial charge on any atom is -0.370 e. The third kappa shape index (κ3) is 2.63. The molecule has 2 aromatic heterocycles. The maximum atomic E-state index is 4.51. The molecule has 0 unspecified atom stereocenters. The number of nitrogens with one attached hydrogen (secondary N) is 1. The third-order valence-electron chi connectivity index (χ3n) is 3.84. The molecule has 4 heteroatoms. The molecule has 0 radical (unpaired) electrons. The zero-order valence-corrected chi connectivity index (χ0v) is 10.7. The second kappa shape index (κ2) is 5.38. The van der Waals surface area contributed by atoms with Gasteiger partial charge in [-0.25, -0.2) is 9.50 Å². The van der Waals surface area contributed by atoms with E-state index in [1.807, 2.05) is 18.3 Å². The standard InChI is InChI=1S/C14H20N4/c1-2-4-12(5-3-1)6-9-15-13-8-11-18-14(17-13)7-10-16-18/h7-8,10-12H,1-6,9H2,(H,15,17). The van der Waals surface area contributed by atoms with Crippen molar-refractivity contribution in [1.29, 1.82) is 0 Å². The molecule has 1 fully saturated rings. The topological polar surface area (TPSA) is 42.2 Å². The van der Waals surface area contributed by atoms with Crippen molar-refractivity contribution in [2.45, 2.75) is 38.5 Å². The molecule has 2 heterocycles. The Morgan fingerprint density at radius 1 is 1.22 bits per heavy atom. The van der Waals surface area contributed by atoms with Crippen LogP contribution in [0.3, 0.4) is 0 Å². The van der Waals surface area contributed by atoms with E-state index in [0.29, 0.717) is 0 Å². The van der Waals surface area contributed by atoms with Crippen molar-refractivity contribution in [1.82, 2.24) is 14.6 Å². The summed E-state index contributed by atoms with van der Waals surface area (Å²) < 4.78 is 1.78. The van der Waals surface area contributed by atoms with E-state index >= 15 is 0 Å². The Bertz CT molecular complexity index is 499. The molecule has 0 aliphatic heterocycles. The minimum atomic E-state index is 0.901. The summed E-state index contributed by atoms with van der Waals surface area (Å²) in [4.78, 5) is 4.51. The molecule has 1 aliphatic rings. The van der Waals surface area contributed by atoms with Gasteiger partial charge in [0.15, 0.2) is 5.65 Å². The number of rotatable bonds is 4. The van der Waals surface area contributed by atoms with Gasteiger partial charge < -0.3 is 5.32 Å². The molecule has 3 rings (SSSR count). The van der Waals surface area contributed by atoms with Crippen LogP contribution in [0.2, 0.25) is 0 Å². The van der Waals surface area contributed by atoms with Gasteiger partial charge in [0, 0.05) is 18.8 Å². The van der Waals surface area contributed by atoms with E-state index in [4.69, 9.17) is 0 Å². The Morgan fingerprint density at radius 2 is 2.11 bits per heavy atom. The van der Waals surface area contributed by atoms with Crippen LogP contribution < -0.4 is 5.32 Å². The van der Waals surface area contributed by atoms with Crippen LogP contribution in [-0.2, 0) is 0 Å². The quantitative estimate of drug-likeness (QED) is 0.898. The van der Waals surface area contributed by atoms with Gasteiger partial charge in [0.1, 0.15) is 5.82 Å². The molecule has 1 saturated carbocycles. The maximum Gasteiger partial charge on any atom is 0.157 e. The van der Waals surface area contributed by atoms with Crippen molar-refractivity contribution in [3.05, 3.63) is 24.5 Å². The van der Waals surface area contributed by atoms with E-state index in [0.717, 1.165) is 23.9 Å². The molecule has 0 bridgehead atoms. The summed E-state index contributed by atoms with van der Waals surface area (Å²) in [6.45, 7) is 1.03. The molecule has 0 spiro atoms. The van der Waals surface area contributed by atoms with Crippen molar-refractivity contribution >= 4 is 11.5 Å². The number of fused-ring (bicyclic) bond motifs is 1. The molecule has 96 valence electrons. The largest absolute Gasteiger partial charge is 0.370 e. The highest BCUT2D eigenvalue weighted by Crippen LogP contribution is 2.26.